The van der Waals surface area contributed by atoms with Crippen LogP contribution in [0.2, 0.25) is 0 Å². The zero-order valence-electron chi connectivity index (χ0n) is 17.0. The van der Waals surface area contributed by atoms with Gasteiger partial charge >= 0.3 is 6.09 Å². The molecular weight excluding hydrogens is 328 g/mol. The smallest absolute Gasteiger partial charge is 0.408 e. The Bertz CT molecular complexity index is 443. The lowest BCUT2D eigenvalue weighted by molar-refractivity contribution is -0.133. The second kappa shape index (κ2) is 12.0. The second-order valence-electron chi connectivity index (χ2n) is 8.22. The van der Waals surface area contributed by atoms with Crippen molar-refractivity contribution in [1.82, 2.24) is 10.2 Å². The first kappa shape index (κ1) is 22.5. The van der Waals surface area contributed by atoms with Crippen molar-refractivity contribution in [2.24, 2.45) is 0 Å². The Morgan fingerprint density at radius 1 is 1.19 bits per heavy atom. The lowest BCUT2D eigenvalue weighted by Crippen LogP contribution is -2.48. The van der Waals surface area contributed by atoms with Crippen molar-refractivity contribution >= 4 is 12.0 Å². The fraction of sp³-hybridized carbons (Fsp3) is 0.810. The number of carbonyl (C=O) groups excluding carboxylic acids is 2. The van der Waals surface area contributed by atoms with Gasteiger partial charge < -0.3 is 15.0 Å². The van der Waals surface area contributed by atoms with E-state index in [-0.39, 0.29) is 5.91 Å². The number of rotatable bonds is 10. The maximum absolute atomic E-state index is 12.7. The fourth-order valence-electron chi connectivity index (χ4n) is 3.21. The van der Waals surface area contributed by atoms with Crippen LogP contribution >= 0.6 is 0 Å². The minimum atomic E-state index is -0.552. The number of hydrogen-bond donors (Lipinski definition) is 1. The number of nitrogens with zero attached hydrogens (tertiary/aromatic N) is 1. The quantitative estimate of drug-likeness (QED) is 0.446. The van der Waals surface area contributed by atoms with Crippen LogP contribution in [-0.2, 0) is 9.53 Å². The van der Waals surface area contributed by atoms with Crippen LogP contribution in [0.25, 0.3) is 0 Å². The van der Waals surface area contributed by atoms with Gasteiger partial charge in [-0.25, -0.2) is 4.79 Å². The zero-order chi connectivity index (χ0) is 19.4. The molecule has 2 amide bonds. The van der Waals surface area contributed by atoms with Crippen molar-refractivity contribution in [3.63, 3.8) is 0 Å². The average molecular weight is 367 g/mol. The van der Waals surface area contributed by atoms with E-state index in [4.69, 9.17) is 4.74 Å². The molecule has 1 aliphatic rings. The number of allylic oxidation sites excluding steroid dienone is 1. The molecule has 5 heteroatoms. The first-order valence-corrected chi connectivity index (χ1v) is 10.2. The van der Waals surface area contributed by atoms with Crippen molar-refractivity contribution < 1.29 is 14.3 Å². The molecule has 1 rings (SSSR count). The van der Waals surface area contributed by atoms with Crippen LogP contribution in [-0.4, -0.2) is 41.6 Å². The largest absolute Gasteiger partial charge is 0.444 e. The molecule has 0 bridgehead atoms. The van der Waals surface area contributed by atoms with Crippen LogP contribution in [0.1, 0.15) is 85.0 Å². The number of nitrogens with one attached hydrogen (secondary N) is 1. The standard InChI is InChI=1S/C21H38N2O3/c1-5-6-7-8-9-10-11-13-16-23-17-14-12-15-18(19(23)24)22-20(25)26-21(2,3)4/h5,18H,1,6-17H2,2-4H3,(H,22,25). The molecule has 5 nitrogen and oxygen atoms in total. The average Bonchev–Trinajstić information content (AvgIpc) is 2.71. The zero-order valence-corrected chi connectivity index (χ0v) is 17.0. The number of ether oxygens (including phenoxy) is 1. The molecule has 1 aliphatic heterocycles. The van der Waals surface area contributed by atoms with E-state index in [0.29, 0.717) is 6.42 Å². The van der Waals surface area contributed by atoms with E-state index in [9.17, 15) is 9.59 Å². The predicted octanol–water partition coefficient (Wildman–Crippen LogP) is 4.81. The SMILES string of the molecule is C=CCCCCCCCCN1CCCCC(NC(=O)OC(C)(C)C)C1=O. The van der Waals surface area contributed by atoms with Gasteiger partial charge in [0.25, 0.3) is 0 Å². The molecular formula is C21H38N2O3. The number of likely N-dealkylation sites (tertiary alicyclic amines) is 1. The van der Waals surface area contributed by atoms with Gasteiger partial charge in [0.2, 0.25) is 5.91 Å². The number of amides is 2. The molecule has 1 N–H and O–H groups in total. The molecule has 26 heavy (non-hydrogen) atoms. The summed E-state index contributed by atoms with van der Waals surface area (Å²) in [6, 6.07) is -0.453. The summed E-state index contributed by atoms with van der Waals surface area (Å²) in [5, 5.41) is 2.76. The summed E-state index contributed by atoms with van der Waals surface area (Å²) < 4.78 is 5.29. The second-order valence-corrected chi connectivity index (χ2v) is 8.22. The Balaban J connectivity index is 2.33. The number of hydrogen-bond acceptors (Lipinski definition) is 3. The van der Waals surface area contributed by atoms with Gasteiger partial charge in [0.05, 0.1) is 0 Å². The summed E-state index contributed by atoms with van der Waals surface area (Å²) in [5.41, 5.74) is -0.552. The summed E-state index contributed by atoms with van der Waals surface area (Å²) in [5.74, 6) is 0.0411. The van der Waals surface area contributed by atoms with E-state index in [1.165, 1.54) is 25.7 Å². The fourth-order valence-corrected chi connectivity index (χ4v) is 3.21. The summed E-state index contributed by atoms with van der Waals surface area (Å²) >= 11 is 0. The first-order chi connectivity index (χ1) is 12.3. The van der Waals surface area contributed by atoms with Gasteiger partial charge in [-0.05, 0) is 59.3 Å². The van der Waals surface area contributed by atoms with Crippen molar-refractivity contribution in [1.29, 1.82) is 0 Å². The van der Waals surface area contributed by atoms with Crippen LogP contribution in [0.15, 0.2) is 12.7 Å². The van der Waals surface area contributed by atoms with Crippen molar-refractivity contribution in [2.45, 2.75) is 96.6 Å². The molecule has 1 saturated heterocycles. The van der Waals surface area contributed by atoms with E-state index in [1.54, 1.807) is 0 Å². The predicted molar refractivity (Wildman–Crippen MR) is 106 cm³/mol. The molecule has 150 valence electrons. The number of unbranched alkanes of at least 4 members (excludes halogenated alkanes) is 6. The van der Waals surface area contributed by atoms with E-state index in [0.717, 1.165) is 45.2 Å². The molecule has 0 aromatic carbocycles. The molecule has 0 aliphatic carbocycles. The van der Waals surface area contributed by atoms with Gasteiger partial charge in [-0.3, -0.25) is 4.79 Å². The Morgan fingerprint density at radius 3 is 2.50 bits per heavy atom. The van der Waals surface area contributed by atoms with Gasteiger partial charge in [0.1, 0.15) is 11.6 Å². The normalized spacial score (nSPS) is 18.3. The van der Waals surface area contributed by atoms with E-state index >= 15 is 0 Å². The summed E-state index contributed by atoms with van der Waals surface area (Å²) in [4.78, 5) is 26.6. The number of carbonyl (C=O) groups is 2. The van der Waals surface area contributed by atoms with Gasteiger partial charge in [-0.15, -0.1) is 6.58 Å². The molecule has 1 unspecified atom stereocenters. The third-order valence-corrected chi connectivity index (χ3v) is 4.56. The van der Waals surface area contributed by atoms with Crippen LogP contribution in [0, 0.1) is 0 Å². The highest BCUT2D eigenvalue weighted by Gasteiger charge is 2.29. The molecule has 0 aromatic heterocycles. The van der Waals surface area contributed by atoms with Gasteiger partial charge in [-0.2, -0.15) is 0 Å². The highest BCUT2D eigenvalue weighted by molar-refractivity contribution is 5.86. The van der Waals surface area contributed by atoms with Crippen LogP contribution in [0.3, 0.4) is 0 Å². The lowest BCUT2D eigenvalue weighted by Gasteiger charge is -2.26. The number of alkyl carbamates (subject to hydrolysis) is 1. The summed E-state index contributed by atoms with van der Waals surface area (Å²) in [6.07, 6.45) is 12.4. The topological polar surface area (TPSA) is 58.6 Å². The van der Waals surface area contributed by atoms with Crippen LogP contribution in [0.4, 0.5) is 4.79 Å². The Hall–Kier alpha value is -1.52. The van der Waals surface area contributed by atoms with Crippen LogP contribution < -0.4 is 5.32 Å². The minimum Gasteiger partial charge on any atom is -0.444 e. The van der Waals surface area contributed by atoms with Gasteiger partial charge in [0.15, 0.2) is 0 Å². The Labute approximate surface area is 159 Å². The van der Waals surface area contributed by atoms with Crippen molar-refractivity contribution in [3.8, 4) is 0 Å². The molecule has 0 saturated carbocycles. The Morgan fingerprint density at radius 2 is 1.85 bits per heavy atom. The molecule has 0 aromatic rings. The lowest BCUT2D eigenvalue weighted by atomic mass is 10.1. The maximum atomic E-state index is 12.7. The monoisotopic (exact) mass is 366 g/mol. The third-order valence-electron chi connectivity index (χ3n) is 4.56. The van der Waals surface area contributed by atoms with Gasteiger partial charge in [0, 0.05) is 13.1 Å². The molecule has 1 heterocycles. The van der Waals surface area contributed by atoms with E-state index < -0.39 is 17.7 Å². The highest BCUT2D eigenvalue weighted by atomic mass is 16.6. The molecule has 0 spiro atoms. The van der Waals surface area contributed by atoms with Crippen molar-refractivity contribution in [3.05, 3.63) is 12.7 Å². The third kappa shape index (κ3) is 9.83. The summed E-state index contributed by atoms with van der Waals surface area (Å²) in [7, 11) is 0. The van der Waals surface area contributed by atoms with Crippen molar-refractivity contribution in [2.75, 3.05) is 13.1 Å². The summed E-state index contributed by atoms with van der Waals surface area (Å²) in [6.45, 7) is 10.8. The molecule has 1 fully saturated rings. The Kier molecular flexibility index (Phi) is 10.4. The minimum absolute atomic E-state index is 0.0411. The van der Waals surface area contributed by atoms with E-state index in [2.05, 4.69) is 11.9 Å². The first-order valence-electron chi connectivity index (χ1n) is 10.2. The van der Waals surface area contributed by atoms with Crippen LogP contribution in [0.5, 0.6) is 0 Å². The maximum Gasteiger partial charge on any atom is 0.408 e. The highest BCUT2D eigenvalue weighted by Crippen LogP contribution is 2.15. The molecule has 0 radical (unpaired) electrons. The van der Waals surface area contributed by atoms with Gasteiger partial charge in [-0.1, -0.05) is 31.8 Å². The van der Waals surface area contributed by atoms with E-state index in [1.807, 2.05) is 31.7 Å². The molecule has 1 atom stereocenters.